The van der Waals surface area contributed by atoms with Crippen LogP contribution in [0.3, 0.4) is 0 Å². The number of nitrogens with zero attached hydrogens (tertiary/aromatic N) is 1. The maximum absolute atomic E-state index is 4.70. The van der Waals surface area contributed by atoms with Crippen molar-refractivity contribution in [3.63, 3.8) is 0 Å². The number of nitrogens with one attached hydrogen (secondary N) is 2. The van der Waals surface area contributed by atoms with Crippen LogP contribution in [0.4, 0.5) is 0 Å². The molecule has 0 amide bonds. The van der Waals surface area contributed by atoms with Crippen LogP contribution in [0.25, 0.3) is 0 Å². The molecule has 0 aliphatic heterocycles. The van der Waals surface area contributed by atoms with Gasteiger partial charge in [-0.1, -0.05) is 44.2 Å². The van der Waals surface area contributed by atoms with Gasteiger partial charge in [0.25, 0.3) is 0 Å². The molecule has 0 fully saturated rings. The second-order valence-electron chi connectivity index (χ2n) is 5.74. The third-order valence-electron chi connectivity index (χ3n) is 2.96. The molecule has 0 spiro atoms. The van der Waals surface area contributed by atoms with Crippen molar-refractivity contribution in [1.82, 2.24) is 10.6 Å². The smallest absolute Gasteiger partial charge is 0.191 e. The minimum atomic E-state index is 0. The third kappa shape index (κ3) is 6.59. The highest BCUT2D eigenvalue weighted by Gasteiger charge is 2.20. The Balaban J connectivity index is 0.00000361. The molecule has 0 bridgehead atoms. The van der Waals surface area contributed by atoms with Crippen molar-refractivity contribution in [3.05, 3.63) is 35.9 Å². The summed E-state index contributed by atoms with van der Waals surface area (Å²) in [4.78, 5) is 4.70. The van der Waals surface area contributed by atoms with E-state index >= 15 is 0 Å². The molecule has 0 saturated carbocycles. The first-order chi connectivity index (χ1) is 8.95. The predicted molar refractivity (Wildman–Crippen MR) is 99.1 cm³/mol. The first kappa shape index (κ1) is 19.2. The molecule has 0 aromatic heterocycles. The van der Waals surface area contributed by atoms with Crippen LogP contribution in [0.1, 0.15) is 40.2 Å². The molecule has 0 radical (unpaired) electrons. The van der Waals surface area contributed by atoms with E-state index in [0.29, 0.717) is 6.04 Å². The summed E-state index contributed by atoms with van der Waals surface area (Å²) in [7, 11) is 0. The summed E-state index contributed by atoms with van der Waals surface area (Å²) in [6.07, 6.45) is 0. The first-order valence-electron chi connectivity index (χ1n) is 7.06. The molecule has 0 unspecified atom stereocenters. The lowest BCUT2D eigenvalue weighted by molar-refractivity contribution is 0.536. The van der Waals surface area contributed by atoms with Gasteiger partial charge in [-0.05, 0) is 26.3 Å². The van der Waals surface area contributed by atoms with Gasteiger partial charge in [0, 0.05) is 18.0 Å². The monoisotopic (exact) mass is 389 g/mol. The van der Waals surface area contributed by atoms with Crippen LogP contribution < -0.4 is 10.6 Å². The van der Waals surface area contributed by atoms with E-state index in [4.69, 9.17) is 4.99 Å². The molecule has 1 aromatic rings. The second kappa shape index (κ2) is 9.21. The number of guanidine groups is 1. The van der Waals surface area contributed by atoms with Gasteiger partial charge in [0.1, 0.15) is 0 Å². The van der Waals surface area contributed by atoms with Crippen LogP contribution in [0.2, 0.25) is 0 Å². The third-order valence-corrected chi connectivity index (χ3v) is 2.96. The van der Waals surface area contributed by atoms with Gasteiger partial charge in [0.2, 0.25) is 0 Å². The molecule has 1 rings (SSSR count). The van der Waals surface area contributed by atoms with Crippen LogP contribution in [0.5, 0.6) is 0 Å². The lowest BCUT2D eigenvalue weighted by Gasteiger charge is -2.24. The minimum absolute atomic E-state index is 0. The summed E-state index contributed by atoms with van der Waals surface area (Å²) in [6, 6.07) is 10.9. The molecular weight excluding hydrogens is 361 g/mol. The van der Waals surface area contributed by atoms with Crippen LogP contribution in [0, 0.1) is 0 Å². The van der Waals surface area contributed by atoms with Crippen molar-refractivity contribution in [2.24, 2.45) is 4.99 Å². The molecule has 20 heavy (non-hydrogen) atoms. The number of benzene rings is 1. The zero-order chi connectivity index (χ0) is 14.3. The molecule has 0 aliphatic rings. The summed E-state index contributed by atoms with van der Waals surface area (Å²) in [5.74, 6) is 0.890. The molecule has 4 heteroatoms. The average Bonchev–Trinajstić information content (AvgIpc) is 2.37. The zero-order valence-corrected chi connectivity index (χ0v) is 15.6. The molecule has 3 nitrogen and oxygen atoms in total. The second-order valence-corrected chi connectivity index (χ2v) is 5.74. The van der Waals surface area contributed by atoms with Gasteiger partial charge in [0.15, 0.2) is 5.96 Å². The van der Waals surface area contributed by atoms with E-state index in [2.05, 4.69) is 69.5 Å². The summed E-state index contributed by atoms with van der Waals surface area (Å²) in [5.41, 5.74) is 1.36. The van der Waals surface area contributed by atoms with Gasteiger partial charge >= 0.3 is 0 Å². The number of halogens is 1. The van der Waals surface area contributed by atoms with Crippen molar-refractivity contribution < 1.29 is 0 Å². The van der Waals surface area contributed by atoms with Crippen LogP contribution in [-0.2, 0) is 5.41 Å². The number of hydrogen-bond acceptors (Lipinski definition) is 1. The van der Waals surface area contributed by atoms with Gasteiger partial charge in [0.05, 0.1) is 6.54 Å². The Kier molecular flexibility index (Phi) is 8.85. The molecule has 0 atom stereocenters. The van der Waals surface area contributed by atoms with Gasteiger partial charge in [-0.2, -0.15) is 0 Å². The Labute approximate surface area is 140 Å². The number of aliphatic imine (C=N–C) groups is 1. The van der Waals surface area contributed by atoms with Gasteiger partial charge in [-0.15, -0.1) is 24.0 Å². The van der Waals surface area contributed by atoms with Gasteiger partial charge < -0.3 is 10.6 Å². The Morgan fingerprint density at radius 2 is 1.80 bits per heavy atom. The molecule has 1 aromatic carbocycles. The number of hydrogen-bond donors (Lipinski definition) is 2. The van der Waals surface area contributed by atoms with Crippen molar-refractivity contribution in [3.8, 4) is 0 Å². The highest BCUT2D eigenvalue weighted by molar-refractivity contribution is 14.0. The molecule has 0 saturated heterocycles. The first-order valence-corrected chi connectivity index (χ1v) is 7.06. The normalized spacial score (nSPS) is 12.0. The van der Waals surface area contributed by atoms with E-state index in [9.17, 15) is 0 Å². The minimum Gasteiger partial charge on any atom is -0.357 e. The highest BCUT2D eigenvalue weighted by Crippen LogP contribution is 2.22. The fourth-order valence-corrected chi connectivity index (χ4v) is 1.85. The van der Waals surface area contributed by atoms with E-state index < -0.39 is 0 Å². The quantitative estimate of drug-likeness (QED) is 0.459. The largest absolute Gasteiger partial charge is 0.357 e. The van der Waals surface area contributed by atoms with E-state index in [1.54, 1.807) is 0 Å². The van der Waals surface area contributed by atoms with E-state index in [1.165, 1.54) is 5.56 Å². The molecular formula is C16H28IN3. The average molecular weight is 389 g/mol. The lowest BCUT2D eigenvalue weighted by Crippen LogP contribution is -2.41. The van der Waals surface area contributed by atoms with Crippen molar-refractivity contribution in [2.45, 2.75) is 46.1 Å². The van der Waals surface area contributed by atoms with Crippen LogP contribution in [-0.4, -0.2) is 25.1 Å². The van der Waals surface area contributed by atoms with Crippen LogP contribution >= 0.6 is 24.0 Å². The van der Waals surface area contributed by atoms with Crippen molar-refractivity contribution in [2.75, 3.05) is 13.1 Å². The molecule has 2 N–H and O–H groups in total. The molecule has 114 valence electrons. The summed E-state index contributed by atoms with van der Waals surface area (Å²) >= 11 is 0. The highest BCUT2D eigenvalue weighted by atomic mass is 127. The Morgan fingerprint density at radius 3 is 2.30 bits per heavy atom. The fourth-order valence-electron chi connectivity index (χ4n) is 1.85. The van der Waals surface area contributed by atoms with E-state index in [1.807, 2.05) is 6.07 Å². The fraction of sp³-hybridized carbons (Fsp3) is 0.562. The molecule has 0 heterocycles. The predicted octanol–water partition coefficient (Wildman–Crippen LogP) is 3.55. The van der Waals surface area contributed by atoms with Gasteiger partial charge in [-0.3, -0.25) is 4.99 Å². The SMILES string of the molecule is CCNC(=NCC(C)(C)c1ccccc1)NC(C)C.I. The lowest BCUT2D eigenvalue weighted by atomic mass is 9.85. The summed E-state index contributed by atoms with van der Waals surface area (Å²) < 4.78 is 0. The maximum Gasteiger partial charge on any atom is 0.191 e. The number of rotatable bonds is 5. The Hall–Kier alpha value is -0.780. The van der Waals surface area contributed by atoms with Crippen LogP contribution in [0.15, 0.2) is 35.3 Å². The maximum atomic E-state index is 4.70. The standard InChI is InChI=1S/C16H27N3.HI/c1-6-17-15(19-13(2)3)18-12-16(4,5)14-10-8-7-9-11-14;/h7-11,13H,6,12H2,1-5H3,(H2,17,18,19);1H. The zero-order valence-electron chi connectivity index (χ0n) is 13.2. The van der Waals surface area contributed by atoms with E-state index in [0.717, 1.165) is 19.0 Å². The Bertz CT molecular complexity index is 399. The van der Waals surface area contributed by atoms with Crippen molar-refractivity contribution in [1.29, 1.82) is 0 Å². The molecule has 0 aliphatic carbocycles. The Morgan fingerprint density at radius 1 is 1.20 bits per heavy atom. The summed E-state index contributed by atoms with van der Waals surface area (Å²) in [6.45, 7) is 12.4. The van der Waals surface area contributed by atoms with Crippen molar-refractivity contribution >= 4 is 29.9 Å². The summed E-state index contributed by atoms with van der Waals surface area (Å²) in [5, 5.41) is 6.62. The van der Waals surface area contributed by atoms with Gasteiger partial charge in [-0.25, -0.2) is 0 Å². The topological polar surface area (TPSA) is 36.4 Å². The van der Waals surface area contributed by atoms with E-state index in [-0.39, 0.29) is 29.4 Å².